The Morgan fingerprint density at radius 2 is 1.64 bits per heavy atom. The van der Waals surface area contributed by atoms with Crippen LogP contribution in [0, 0.1) is 6.07 Å². The third kappa shape index (κ3) is 15.2. The zero-order chi connectivity index (χ0) is 9.23. The van der Waals surface area contributed by atoms with Crippen LogP contribution in [0.15, 0.2) is 24.3 Å². The molecule has 1 aromatic rings. The second kappa shape index (κ2) is 16.2. The maximum Gasteiger partial charge on any atom is 2.00 e. The molecule has 0 aliphatic rings. The summed E-state index contributed by atoms with van der Waals surface area (Å²) in [5, 5.41) is 0.763. The molecule has 1 aromatic carbocycles. The molecule has 0 aliphatic heterocycles. The van der Waals surface area contributed by atoms with Crippen molar-refractivity contribution in [2.24, 2.45) is 0 Å². The number of benzene rings is 1. The van der Waals surface area contributed by atoms with Gasteiger partial charge in [-0.25, -0.2) is 0 Å². The SMILES string of the molecule is CCOCC.Clc1cc[c-]cc1.[Br-].[Mg+2]. The van der Waals surface area contributed by atoms with E-state index >= 15 is 0 Å². The van der Waals surface area contributed by atoms with Gasteiger partial charge in [-0.1, -0.05) is 5.02 Å². The van der Waals surface area contributed by atoms with Crippen LogP contribution in [0.5, 0.6) is 0 Å². The molecule has 4 heteroatoms. The van der Waals surface area contributed by atoms with Crippen LogP contribution in [-0.4, -0.2) is 36.3 Å². The summed E-state index contributed by atoms with van der Waals surface area (Å²) in [4.78, 5) is 0. The Morgan fingerprint density at radius 1 is 1.21 bits per heavy atom. The van der Waals surface area contributed by atoms with Crippen LogP contribution < -0.4 is 17.0 Å². The zero-order valence-electron chi connectivity index (χ0n) is 8.59. The van der Waals surface area contributed by atoms with E-state index in [0.717, 1.165) is 18.2 Å². The molecule has 0 atom stereocenters. The molecule has 0 aromatic heterocycles. The van der Waals surface area contributed by atoms with Gasteiger partial charge in [0.15, 0.2) is 0 Å². The van der Waals surface area contributed by atoms with Crippen LogP contribution >= 0.6 is 11.6 Å². The first-order valence-electron chi connectivity index (χ1n) is 4.00. The molecule has 0 aliphatic carbocycles. The largest absolute Gasteiger partial charge is 2.00 e. The summed E-state index contributed by atoms with van der Waals surface area (Å²) in [6.07, 6.45) is 0. The molecule has 0 N–H and O–H groups in total. The minimum Gasteiger partial charge on any atom is -1.00 e. The Bertz CT molecular complexity index is 183. The number of hydrogen-bond donors (Lipinski definition) is 0. The van der Waals surface area contributed by atoms with E-state index in [-0.39, 0.29) is 40.0 Å². The Balaban J connectivity index is -0.000000159. The van der Waals surface area contributed by atoms with E-state index in [1.54, 1.807) is 24.3 Å². The minimum absolute atomic E-state index is 0. The van der Waals surface area contributed by atoms with Crippen molar-refractivity contribution in [1.82, 2.24) is 0 Å². The Labute approximate surface area is 118 Å². The molecule has 0 spiro atoms. The molecule has 14 heavy (non-hydrogen) atoms. The maximum atomic E-state index is 5.52. The quantitative estimate of drug-likeness (QED) is 0.542. The molecule has 76 valence electrons. The summed E-state index contributed by atoms with van der Waals surface area (Å²) in [6, 6.07) is 10.00. The number of halogens is 2. The van der Waals surface area contributed by atoms with Crippen LogP contribution in [0.4, 0.5) is 0 Å². The third-order valence-electron chi connectivity index (χ3n) is 1.09. The van der Waals surface area contributed by atoms with Gasteiger partial charge in [-0.05, 0) is 13.8 Å². The number of rotatable bonds is 2. The number of ether oxygens (including phenoxy) is 1. The van der Waals surface area contributed by atoms with E-state index in [0.29, 0.717) is 0 Å². The van der Waals surface area contributed by atoms with Gasteiger partial charge < -0.3 is 21.7 Å². The van der Waals surface area contributed by atoms with Crippen molar-refractivity contribution in [2.75, 3.05) is 13.2 Å². The average molecular weight is 290 g/mol. The van der Waals surface area contributed by atoms with Gasteiger partial charge in [0.05, 0.1) is 0 Å². The third-order valence-corrected chi connectivity index (χ3v) is 1.34. The molecular weight excluding hydrogens is 276 g/mol. The van der Waals surface area contributed by atoms with Gasteiger partial charge in [0.2, 0.25) is 0 Å². The predicted molar refractivity (Wildman–Crippen MR) is 58.2 cm³/mol. The smallest absolute Gasteiger partial charge is 1.00 e. The van der Waals surface area contributed by atoms with Crippen molar-refractivity contribution >= 4 is 34.7 Å². The van der Waals surface area contributed by atoms with E-state index in [4.69, 9.17) is 16.3 Å². The second-order valence-electron chi connectivity index (χ2n) is 2.00. The fourth-order valence-electron chi connectivity index (χ4n) is 0.571. The van der Waals surface area contributed by atoms with Gasteiger partial charge in [-0.15, -0.1) is 11.6 Å². The Hall–Kier alpha value is 0.716. The van der Waals surface area contributed by atoms with Crippen LogP contribution in [-0.2, 0) is 4.74 Å². The van der Waals surface area contributed by atoms with Crippen molar-refractivity contribution in [2.45, 2.75) is 13.8 Å². The summed E-state index contributed by atoms with van der Waals surface area (Å²) in [6.45, 7) is 5.67. The van der Waals surface area contributed by atoms with Crippen molar-refractivity contribution in [1.29, 1.82) is 0 Å². The van der Waals surface area contributed by atoms with Crippen LogP contribution in [0.3, 0.4) is 0 Å². The van der Waals surface area contributed by atoms with E-state index in [1.165, 1.54) is 0 Å². The van der Waals surface area contributed by atoms with Crippen LogP contribution in [0.25, 0.3) is 0 Å². The van der Waals surface area contributed by atoms with Gasteiger partial charge >= 0.3 is 23.1 Å². The van der Waals surface area contributed by atoms with E-state index in [2.05, 4.69) is 6.07 Å². The first-order chi connectivity index (χ1) is 5.81. The number of hydrogen-bond acceptors (Lipinski definition) is 1. The first kappa shape index (κ1) is 20.2. The average Bonchev–Trinajstić information content (AvgIpc) is 2.08. The molecule has 0 bridgehead atoms. The topological polar surface area (TPSA) is 9.23 Å². The monoisotopic (exact) mass is 288 g/mol. The summed E-state index contributed by atoms with van der Waals surface area (Å²) < 4.78 is 4.83. The molecular formula is C10H14BrClMgO. The van der Waals surface area contributed by atoms with Gasteiger partial charge in [0, 0.05) is 13.2 Å². The second-order valence-corrected chi connectivity index (χ2v) is 2.44. The van der Waals surface area contributed by atoms with Crippen molar-refractivity contribution < 1.29 is 21.7 Å². The fraction of sp³-hybridized carbons (Fsp3) is 0.400. The van der Waals surface area contributed by atoms with Crippen molar-refractivity contribution in [3.8, 4) is 0 Å². The van der Waals surface area contributed by atoms with Gasteiger partial charge in [-0.3, -0.25) is 0 Å². The van der Waals surface area contributed by atoms with E-state index in [9.17, 15) is 0 Å². The molecule has 0 radical (unpaired) electrons. The molecule has 0 saturated heterocycles. The van der Waals surface area contributed by atoms with Crippen LogP contribution in [0.2, 0.25) is 5.02 Å². The van der Waals surface area contributed by atoms with Crippen molar-refractivity contribution in [3.63, 3.8) is 0 Å². The molecule has 0 amide bonds. The standard InChI is InChI=1S/C6H4Cl.C4H10O.BrH.Mg/c7-6-4-2-1-3-5-6;1-3-5-4-2;;/h2-5H;3-4H2,1-2H3;1H;/q-1;;;+2/p-1. The Morgan fingerprint density at radius 3 is 1.79 bits per heavy atom. The summed E-state index contributed by atoms with van der Waals surface area (Å²) in [5.41, 5.74) is 0. The van der Waals surface area contributed by atoms with E-state index < -0.39 is 0 Å². The summed E-state index contributed by atoms with van der Waals surface area (Å²) >= 11 is 5.52. The van der Waals surface area contributed by atoms with Gasteiger partial charge in [0.1, 0.15) is 0 Å². The molecule has 0 fully saturated rings. The van der Waals surface area contributed by atoms with Gasteiger partial charge in [-0.2, -0.15) is 30.3 Å². The fourth-order valence-corrected chi connectivity index (χ4v) is 0.697. The summed E-state index contributed by atoms with van der Waals surface area (Å²) in [5.74, 6) is 0. The molecule has 0 heterocycles. The molecule has 1 nitrogen and oxygen atoms in total. The van der Waals surface area contributed by atoms with Crippen molar-refractivity contribution in [3.05, 3.63) is 35.4 Å². The first-order valence-corrected chi connectivity index (χ1v) is 4.38. The van der Waals surface area contributed by atoms with Gasteiger partial charge in [0.25, 0.3) is 0 Å². The maximum absolute atomic E-state index is 5.52. The van der Waals surface area contributed by atoms with Crippen LogP contribution in [0.1, 0.15) is 13.8 Å². The van der Waals surface area contributed by atoms with E-state index in [1.807, 2.05) is 13.8 Å². The summed E-state index contributed by atoms with van der Waals surface area (Å²) in [7, 11) is 0. The molecule has 0 unspecified atom stereocenters. The minimum atomic E-state index is 0. The predicted octanol–water partition coefficient (Wildman–Crippen LogP) is -0.194. The molecule has 0 saturated carbocycles. The normalized spacial score (nSPS) is 7.36. The zero-order valence-corrected chi connectivity index (χ0v) is 12.4. The Kier molecular flexibility index (Phi) is 23.3. The molecule has 1 rings (SSSR count).